The first kappa shape index (κ1) is 10.4. The molecule has 0 spiro atoms. The minimum Gasteiger partial charge on any atom is -0.481 e. The van der Waals surface area contributed by atoms with Crippen LogP contribution in [0.25, 0.3) is 0 Å². The Kier molecular flexibility index (Phi) is 3.48. The number of nitrogens with two attached hydrogens (primary N) is 1. The number of carboxylic acid groups (broad SMARTS) is 1. The number of ether oxygens (including phenoxy) is 1. The molecule has 1 unspecified atom stereocenters. The van der Waals surface area contributed by atoms with Crippen LogP contribution >= 0.6 is 0 Å². The van der Waals surface area contributed by atoms with Gasteiger partial charge in [-0.15, -0.1) is 0 Å². The van der Waals surface area contributed by atoms with Crippen LogP contribution in [-0.2, 0) is 9.53 Å². The van der Waals surface area contributed by atoms with Gasteiger partial charge in [-0.1, -0.05) is 0 Å². The summed E-state index contributed by atoms with van der Waals surface area (Å²) in [7, 11) is 0. The quantitative estimate of drug-likeness (QED) is 0.593. The van der Waals surface area contributed by atoms with Gasteiger partial charge in [0.05, 0.1) is 12.0 Å². The lowest BCUT2D eigenvalue weighted by molar-refractivity contribution is -0.143. The third-order valence-corrected chi connectivity index (χ3v) is 0.881. The van der Waals surface area contributed by atoms with Crippen molar-refractivity contribution in [3.8, 4) is 0 Å². The fraction of sp³-hybridized carbons (Fsp3) is 0.857. The highest BCUT2D eigenvalue weighted by molar-refractivity contribution is 5.67. The Bertz CT molecular complexity index is 139. The molecule has 0 rings (SSSR count). The van der Waals surface area contributed by atoms with E-state index < -0.39 is 12.2 Å². The number of hydrogen-bond acceptors (Lipinski definition) is 3. The van der Waals surface area contributed by atoms with Crippen molar-refractivity contribution in [2.45, 2.75) is 39.0 Å². The summed E-state index contributed by atoms with van der Waals surface area (Å²) in [5, 5.41) is 8.32. The van der Waals surface area contributed by atoms with E-state index in [2.05, 4.69) is 0 Å². The van der Waals surface area contributed by atoms with Crippen LogP contribution in [0.2, 0.25) is 0 Å². The van der Waals surface area contributed by atoms with Crippen molar-refractivity contribution in [2.24, 2.45) is 5.73 Å². The van der Waals surface area contributed by atoms with E-state index in [1.807, 2.05) is 20.8 Å². The SMILES string of the molecule is CC(C)(C)OC(N)CC(=O)O. The lowest BCUT2D eigenvalue weighted by Gasteiger charge is -2.23. The molecule has 4 nitrogen and oxygen atoms in total. The molecule has 4 heteroatoms. The van der Waals surface area contributed by atoms with Gasteiger partial charge in [-0.05, 0) is 20.8 Å². The normalized spacial score (nSPS) is 14.5. The van der Waals surface area contributed by atoms with Crippen LogP contribution in [0, 0.1) is 0 Å². The minimum atomic E-state index is -0.943. The molecule has 0 heterocycles. The Morgan fingerprint density at radius 1 is 1.64 bits per heavy atom. The van der Waals surface area contributed by atoms with Crippen molar-refractivity contribution in [3.05, 3.63) is 0 Å². The van der Waals surface area contributed by atoms with Gasteiger partial charge < -0.3 is 15.6 Å². The van der Waals surface area contributed by atoms with E-state index in [-0.39, 0.29) is 12.0 Å². The molecule has 0 bridgehead atoms. The molecule has 3 N–H and O–H groups in total. The Morgan fingerprint density at radius 3 is 2.36 bits per heavy atom. The first-order chi connectivity index (χ1) is 4.81. The van der Waals surface area contributed by atoms with Crippen molar-refractivity contribution in [3.63, 3.8) is 0 Å². The Balaban J connectivity index is 3.69. The molecule has 0 aliphatic rings. The standard InChI is InChI=1S/C7H15NO3/c1-7(2,3)11-5(8)4-6(9)10/h5H,4,8H2,1-3H3,(H,9,10). The second-order valence-corrected chi connectivity index (χ2v) is 3.37. The van der Waals surface area contributed by atoms with Crippen molar-refractivity contribution in [1.82, 2.24) is 0 Å². The zero-order chi connectivity index (χ0) is 9.07. The zero-order valence-electron chi connectivity index (χ0n) is 7.13. The van der Waals surface area contributed by atoms with Crippen LogP contribution in [0.5, 0.6) is 0 Å². The van der Waals surface area contributed by atoms with Gasteiger partial charge in [-0.2, -0.15) is 0 Å². The van der Waals surface area contributed by atoms with Gasteiger partial charge >= 0.3 is 5.97 Å². The first-order valence-corrected chi connectivity index (χ1v) is 3.46. The summed E-state index contributed by atoms with van der Waals surface area (Å²) in [4.78, 5) is 10.1. The molecule has 11 heavy (non-hydrogen) atoms. The fourth-order valence-electron chi connectivity index (χ4n) is 0.668. The van der Waals surface area contributed by atoms with E-state index in [1.165, 1.54) is 0 Å². The summed E-state index contributed by atoms with van der Waals surface area (Å²) in [6.45, 7) is 5.48. The van der Waals surface area contributed by atoms with Crippen molar-refractivity contribution >= 4 is 5.97 Å². The van der Waals surface area contributed by atoms with E-state index in [0.29, 0.717) is 0 Å². The summed E-state index contributed by atoms with van der Waals surface area (Å²) in [6.07, 6.45) is -0.871. The largest absolute Gasteiger partial charge is 0.481 e. The first-order valence-electron chi connectivity index (χ1n) is 3.46. The molecule has 0 saturated carbocycles. The summed E-state index contributed by atoms with van der Waals surface area (Å²) in [5.74, 6) is -0.943. The van der Waals surface area contributed by atoms with E-state index in [0.717, 1.165) is 0 Å². The highest BCUT2D eigenvalue weighted by Crippen LogP contribution is 2.09. The van der Waals surface area contributed by atoms with Crippen LogP contribution in [0.15, 0.2) is 0 Å². The summed E-state index contributed by atoms with van der Waals surface area (Å²) >= 11 is 0. The Hall–Kier alpha value is -0.610. The Labute approximate surface area is 66.3 Å². The van der Waals surface area contributed by atoms with E-state index in [9.17, 15) is 4.79 Å². The smallest absolute Gasteiger partial charge is 0.307 e. The van der Waals surface area contributed by atoms with E-state index >= 15 is 0 Å². The van der Waals surface area contributed by atoms with Gasteiger partial charge in [0, 0.05) is 0 Å². The summed E-state index contributed by atoms with van der Waals surface area (Å²) in [5.41, 5.74) is 4.98. The average Bonchev–Trinajstić information content (AvgIpc) is 1.53. The van der Waals surface area contributed by atoms with Crippen LogP contribution in [0.3, 0.4) is 0 Å². The highest BCUT2D eigenvalue weighted by Gasteiger charge is 2.17. The van der Waals surface area contributed by atoms with Crippen LogP contribution in [0.4, 0.5) is 0 Å². The number of hydrogen-bond donors (Lipinski definition) is 2. The number of carbonyl (C=O) groups is 1. The molecule has 0 aromatic rings. The lowest BCUT2D eigenvalue weighted by Crippen LogP contribution is -2.35. The molecular weight excluding hydrogens is 146 g/mol. The third-order valence-electron chi connectivity index (χ3n) is 0.881. The molecule has 0 saturated heterocycles. The van der Waals surface area contributed by atoms with E-state index in [1.54, 1.807) is 0 Å². The maximum absolute atomic E-state index is 10.1. The average molecular weight is 161 g/mol. The predicted octanol–water partition coefficient (Wildman–Crippen LogP) is 0.561. The van der Waals surface area contributed by atoms with Crippen molar-refractivity contribution in [1.29, 1.82) is 0 Å². The molecular formula is C7H15NO3. The number of aliphatic carboxylic acids is 1. The van der Waals surface area contributed by atoms with Gasteiger partial charge in [-0.3, -0.25) is 4.79 Å². The summed E-state index contributed by atoms with van der Waals surface area (Å²) in [6, 6.07) is 0. The third kappa shape index (κ3) is 7.29. The lowest BCUT2D eigenvalue weighted by atomic mass is 10.2. The zero-order valence-corrected chi connectivity index (χ0v) is 7.13. The van der Waals surface area contributed by atoms with Crippen LogP contribution < -0.4 is 5.73 Å². The van der Waals surface area contributed by atoms with E-state index in [4.69, 9.17) is 15.6 Å². The molecule has 0 aromatic carbocycles. The minimum absolute atomic E-state index is 0.155. The van der Waals surface area contributed by atoms with Gasteiger partial charge in [0.25, 0.3) is 0 Å². The second kappa shape index (κ2) is 3.69. The topological polar surface area (TPSA) is 72.5 Å². The molecule has 0 aliphatic carbocycles. The van der Waals surface area contributed by atoms with Gasteiger partial charge in [0.15, 0.2) is 0 Å². The summed E-state index contributed by atoms with van der Waals surface area (Å²) < 4.78 is 5.15. The van der Waals surface area contributed by atoms with Crippen molar-refractivity contribution in [2.75, 3.05) is 0 Å². The number of carboxylic acids is 1. The van der Waals surface area contributed by atoms with Crippen LogP contribution in [0.1, 0.15) is 27.2 Å². The predicted molar refractivity (Wildman–Crippen MR) is 41.1 cm³/mol. The highest BCUT2D eigenvalue weighted by atomic mass is 16.5. The molecule has 0 fully saturated rings. The molecule has 0 aromatic heterocycles. The molecule has 0 aliphatic heterocycles. The van der Waals surface area contributed by atoms with Gasteiger partial charge in [0.2, 0.25) is 0 Å². The molecule has 66 valence electrons. The monoisotopic (exact) mass is 161 g/mol. The van der Waals surface area contributed by atoms with Gasteiger partial charge in [0.1, 0.15) is 6.23 Å². The maximum atomic E-state index is 10.1. The molecule has 0 amide bonds. The maximum Gasteiger partial charge on any atom is 0.307 e. The molecule has 0 radical (unpaired) electrons. The fourth-order valence-corrected chi connectivity index (χ4v) is 0.668. The number of rotatable bonds is 3. The van der Waals surface area contributed by atoms with Crippen LogP contribution in [-0.4, -0.2) is 22.9 Å². The molecule has 1 atom stereocenters. The van der Waals surface area contributed by atoms with Gasteiger partial charge in [-0.25, -0.2) is 0 Å². The second-order valence-electron chi connectivity index (χ2n) is 3.37. The Morgan fingerprint density at radius 2 is 2.09 bits per heavy atom. The van der Waals surface area contributed by atoms with Crippen molar-refractivity contribution < 1.29 is 14.6 Å².